The van der Waals surface area contributed by atoms with Crippen LogP contribution in [0.25, 0.3) is 0 Å². The SMILES string of the molecule is Cc1nn(C)cc1C(C)N1CCC2CCC(C1)N2. The van der Waals surface area contributed by atoms with Gasteiger partial charge in [-0.25, -0.2) is 0 Å². The summed E-state index contributed by atoms with van der Waals surface area (Å²) < 4.78 is 1.93. The standard InChI is InChI=1S/C14H24N4/c1-10-14(9-17(3)16-10)11(2)18-7-6-12-4-5-13(8-18)15-12/h9,11-13,15H,4-8H2,1-3H3. The van der Waals surface area contributed by atoms with Crippen molar-refractivity contribution in [1.29, 1.82) is 0 Å². The fraction of sp³-hybridized carbons (Fsp3) is 0.786. The van der Waals surface area contributed by atoms with E-state index in [0.29, 0.717) is 12.1 Å². The maximum absolute atomic E-state index is 4.47. The summed E-state index contributed by atoms with van der Waals surface area (Å²) in [6.45, 7) is 6.84. The van der Waals surface area contributed by atoms with Crippen molar-refractivity contribution in [3.63, 3.8) is 0 Å². The van der Waals surface area contributed by atoms with Gasteiger partial charge in [0.2, 0.25) is 0 Å². The lowest BCUT2D eigenvalue weighted by Gasteiger charge is -2.30. The Kier molecular flexibility index (Phi) is 3.16. The number of rotatable bonds is 2. The van der Waals surface area contributed by atoms with Gasteiger partial charge < -0.3 is 5.32 Å². The van der Waals surface area contributed by atoms with E-state index in [1.807, 2.05) is 11.7 Å². The summed E-state index contributed by atoms with van der Waals surface area (Å²) in [6.07, 6.45) is 6.19. The second-order valence-corrected chi connectivity index (χ2v) is 5.94. The molecule has 3 unspecified atom stereocenters. The average Bonchev–Trinajstić information content (AvgIpc) is 2.81. The van der Waals surface area contributed by atoms with Gasteiger partial charge in [0.15, 0.2) is 0 Å². The van der Waals surface area contributed by atoms with Crippen LogP contribution >= 0.6 is 0 Å². The first-order valence-electron chi connectivity index (χ1n) is 7.13. The Morgan fingerprint density at radius 2 is 2.11 bits per heavy atom. The predicted molar refractivity (Wildman–Crippen MR) is 72.5 cm³/mol. The topological polar surface area (TPSA) is 33.1 Å². The number of hydrogen-bond acceptors (Lipinski definition) is 3. The lowest BCUT2D eigenvalue weighted by Crippen LogP contribution is -2.36. The maximum atomic E-state index is 4.47. The van der Waals surface area contributed by atoms with Crippen molar-refractivity contribution < 1.29 is 0 Å². The minimum Gasteiger partial charge on any atom is -0.310 e. The number of hydrogen-bond donors (Lipinski definition) is 1. The first kappa shape index (κ1) is 12.2. The first-order valence-corrected chi connectivity index (χ1v) is 7.13. The molecule has 1 aromatic heterocycles. The van der Waals surface area contributed by atoms with E-state index in [0.717, 1.165) is 6.04 Å². The molecule has 2 aliphatic rings. The smallest absolute Gasteiger partial charge is 0.0641 e. The average molecular weight is 248 g/mol. The number of nitrogens with one attached hydrogen (secondary N) is 1. The van der Waals surface area contributed by atoms with Gasteiger partial charge in [-0.1, -0.05) is 0 Å². The van der Waals surface area contributed by atoms with E-state index in [2.05, 4.69) is 35.4 Å². The summed E-state index contributed by atoms with van der Waals surface area (Å²) in [7, 11) is 2.01. The molecule has 3 atom stereocenters. The van der Waals surface area contributed by atoms with Gasteiger partial charge >= 0.3 is 0 Å². The lowest BCUT2D eigenvalue weighted by atomic mass is 10.0. The summed E-state index contributed by atoms with van der Waals surface area (Å²) in [5.41, 5.74) is 2.56. The molecule has 0 amide bonds. The number of aromatic nitrogens is 2. The molecule has 0 aromatic carbocycles. The van der Waals surface area contributed by atoms with Gasteiger partial charge in [0.25, 0.3) is 0 Å². The van der Waals surface area contributed by atoms with Crippen molar-refractivity contribution in [1.82, 2.24) is 20.0 Å². The molecule has 3 heterocycles. The molecule has 4 nitrogen and oxygen atoms in total. The van der Waals surface area contributed by atoms with E-state index in [9.17, 15) is 0 Å². The van der Waals surface area contributed by atoms with Crippen LogP contribution in [-0.2, 0) is 7.05 Å². The number of likely N-dealkylation sites (tertiary alicyclic amines) is 1. The van der Waals surface area contributed by atoms with E-state index < -0.39 is 0 Å². The van der Waals surface area contributed by atoms with E-state index in [4.69, 9.17) is 0 Å². The zero-order valence-electron chi connectivity index (χ0n) is 11.7. The minimum atomic E-state index is 0.486. The zero-order chi connectivity index (χ0) is 12.7. The Balaban J connectivity index is 1.76. The zero-order valence-corrected chi connectivity index (χ0v) is 11.7. The Morgan fingerprint density at radius 3 is 2.83 bits per heavy atom. The summed E-state index contributed by atoms with van der Waals surface area (Å²) in [4.78, 5) is 2.63. The van der Waals surface area contributed by atoms with E-state index in [-0.39, 0.29) is 0 Å². The second kappa shape index (κ2) is 4.67. The molecule has 0 spiro atoms. The van der Waals surface area contributed by atoms with Gasteiger partial charge in [-0.05, 0) is 33.1 Å². The number of nitrogens with zero attached hydrogens (tertiary/aromatic N) is 3. The van der Waals surface area contributed by atoms with Crippen LogP contribution in [-0.4, -0.2) is 39.9 Å². The van der Waals surface area contributed by atoms with E-state index in [1.165, 1.54) is 43.6 Å². The highest BCUT2D eigenvalue weighted by Crippen LogP contribution is 2.28. The summed E-state index contributed by atoms with van der Waals surface area (Å²) in [5, 5.41) is 8.22. The number of aryl methyl sites for hydroxylation is 2. The third-order valence-corrected chi connectivity index (χ3v) is 4.60. The van der Waals surface area contributed by atoms with Gasteiger partial charge in [-0.3, -0.25) is 9.58 Å². The third-order valence-electron chi connectivity index (χ3n) is 4.60. The van der Waals surface area contributed by atoms with Gasteiger partial charge in [-0.15, -0.1) is 0 Å². The molecule has 2 saturated heterocycles. The van der Waals surface area contributed by atoms with Crippen LogP contribution in [0.3, 0.4) is 0 Å². The highest BCUT2D eigenvalue weighted by atomic mass is 15.3. The number of fused-ring (bicyclic) bond motifs is 2. The molecule has 1 aromatic rings. The van der Waals surface area contributed by atoms with Crippen LogP contribution < -0.4 is 5.32 Å². The molecule has 2 aliphatic heterocycles. The van der Waals surface area contributed by atoms with Crippen LogP contribution in [0.15, 0.2) is 6.20 Å². The molecule has 18 heavy (non-hydrogen) atoms. The summed E-state index contributed by atoms with van der Waals surface area (Å²) in [6, 6.07) is 1.96. The fourth-order valence-electron chi connectivity index (χ4n) is 3.55. The van der Waals surface area contributed by atoms with Crippen LogP contribution in [0.5, 0.6) is 0 Å². The van der Waals surface area contributed by atoms with E-state index in [1.54, 1.807) is 0 Å². The molecule has 1 N–H and O–H groups in total. The van der Waals surface area contributed by atoms with Crippen molar-refractivity contribution in [2.75, 3.05) is 13.1 Å². The minimum absolute atomic E-state index is 0.486. The molecule has 100 valence electrons. The highest BCUT2D eigenvalue weighted by Gasteiger charge is 2.31. The molecule has 0 saturated carbocycles. The van der Waals surface area contributed by atoms with Crippen LogP contribution in [0.4, 0.5) is 0 Å². The molecular formula is C14H24N4. The van der Waals surface area contributed by atoms with Crippen molar-refractivity contribution >= 4 is 0 Å². The Bertz CT molecular complexity index is 425. The predicted octanol–water partition coefficient (Wildman–Crippen LogP) is 1.62. The summed E-state index contributed by atoms with van der Waals surface area (Å²) >= 11 is 0. The Morgan fingerprint density at radius 1 is 1.33 bits per heavy atom. The Labute approximate surface area is 109 Å². The van der Waals surface area contributed by atoms with E-state index >= 15 is 0 Å². The molecular weight excluding hydrogens is 224 g/mol. The molecule has 0 aliphatic carbocycles. The van der Waals surface area contributed by atoms with Gasteiger partial charge in [0, 0.05) is 50.0 Å². The van der Waals surface area contributed by atoms with Crippen molar-refractivity contribution in [2.45, 2.75) is 51.2 Å². The quantitative estimate of drug-likeness (QED) is 0.863. The summed E-state index contributed by atoms with van der Waals surface area (Å²) in [5.74, 6) is 0. The molecule has 0 radical (unpaired) electrons. The van der Waals surface area contributed by atoms with Gasteiger partial charge in [0.05, 0.1) is 5.69 Å². The van der Waals surface area contributed by atoms with Crippen LogP contribution in [0, 0.1) is 6.92 Å². The Hall–Kier alpha value is -0.870. The van der Waals surface area contributed by atoms with Crippen LogP contribution in [0.1, 0.15) is 43.5 Å². The molecule has 2 bridgehead atoms. The lowest BCUT2D eigenvalue weighted by molar-refractivity contribution is 0.199. The molecule has 3 rings (SSSR count). The van der Waals surface area contributed by atoms with Gasteiger partial charge in [0.1, 0.15) is 0 Å². The molecule has 2 fully saturated rings. The first-order chi connectivity index (χ1) is 8.63. The largest absolute Gasteiger partial charge is 0.310 e. The van der Waals surface area contributed by atoms with Crippen molar-refractivity contribution in [2.24, 2.45) is 7.05 Å². The third kappa shape index (κ3) is 2.19. The van der Waals surface area contributed by atoms with Crippen molar-refractivity contribution in [3.8, 4) is 0 Å². The maximum Gasteiger partial charge on any atom is 0.0641 e. The highest BCUT2D eigenvalue weighted by molar-refractivity contribution is 5.19. The normalized spacial score (nSPS) is 30.4. The second-order valence-electron chi connectivity index (χ2n) is 5.94. The van der Waals surface area contributed by atoms with Crippen molar-refractivity contribution in [3.05, 3.63) is 17.5 Å². The molecule has 4 heteroatoms. The van der Waals surface area contributed by atoms with Crippen LogP contribution in [0.2, 0.25) is 0 Å². The monoisotopic (exact) mass is 248 g/mol. The van der Waals surface area contributed by atoms with Gasteiger partial charge in [-0.2, -0.15) is 5.10 Å². The fourth-order valence-corrected chi connectivity index (χ4v) is 3.55.